The third-order valence-corrected chi connectivity index (χ3v) is 5.01. The summed E-state index contributed by atoms with van der Waals surface area (Å²) in [7, 11) is 0. The molecule has 154 valence electrons. The molecule has 0 aliphatic heterocycles. The lowest BCUT2D eigenvalue weighted by Gasteiger charge is -2.28. The molecule has 0 spiro atoms. The van der Waals surface area contributed by atoms with Crippen molar-refractivity contribution in [2.24, 2.45) is 5.41 Å². The number of carboxylic acid groups (broad SMARTS) is 1. The minimum atomic E-state index is -1.24. The highest BCUT2D eigenvalue weighted by molar-refractivity contribution is 6.02. The molecule has 0 aromatic heterocycles. The monoisotopic (exact) mass is 396 g/mol. The molecule has 0 saturated heterocycles. The molecular weight excluding hydrogens is 368 g/mol. The first-order valence-electron chi connectivity index (χ1n) is 9.70. The van der Waals surface area contributed by atoms with E-state index in [9.17, 15) is 14.4 Å². The summed E-state index contributed by atoms with van der Waals surface area (Å²) in [5.41, 5.74) is 0.962. The molecule has 2 rings (SSSR count). The Balaban J connectivity index is 2.03. The van der Waals surface area contributed by atoms with E-state index in [1.54, 1.807) is 0 Å². The largest absolute Gasteiger partial charge is 0.478 e. The predicted octanol–water partition coefficient (Wildman–Crippen LogP) is 3.88. The second kappa shape index (κ2) is 10.4. The van der Waals surface area contributed by atoms with Gasteiger partial charge in [0, 0.05) is 25.2 Å². The number of aliphatic carboxylic acids is 1. The first kappa shape index (κ1) is 22.1. The van der Waals surface area contributed by atoms with E-state index in [1.807, 2.05) is 49.4 Å². The van der Waals surface area contributed by atoms with Crippen LogP contribution < -0.4 is 5.32 Å². The maximum atomic E-state index is 12.7. The normalized spacial score (nSPS) is 19.1. The quantitative estimate of drug-likeness (QED) is 0.653. The second-order valence-electron chi connectivity index (χ2n) is 7.56. The lowest BCUT2D eigenvalue weighted by Crippen LogP contribution is -2.45. The number of hydrogen-bond acceptors (Lipinski definition) is 3. The molecule has 0 heterocycles. The molecule has 1 aliphatic rings. The zero-order chi connectivity index (χ0) is 21.3. The van der Waals surface area contributed by atoms with Crippen molar-refractivity contribution in [1.82, 2.24) is 10.2 Å². The molecule has 3 amide bonds. The molecular formula is C23H28N2O4. The van der Waals surface area contributed by atoms with Crippen LogP contribution in [-0.2, 0) is 9.59 Å². The number of nitrogens with one attached hydrogen (secondary N) is 1. The van der Waals surface area contributed by atoms with E-state index in [4.69, 9.17) is 5.11 Å². The lowest BCUT2D eigenvalue weighted by atomic mass is 9.81. The Bertz CT molecular complexity index is 813. The van der Waals surface area contributed by atoms with Gasteiger partial charge < -0.3 is 10.4 Å². The van der Waals surface area contributed by atoms with Crippen LogP contribution in [0, 0.1) is 5.41 Å². The molecule has 0 bridgehead atoms. The minimum absolute atomic E-state index is 0.0303. The number of hydrogen-bond donors (Lipinski definition) is 2. The smallest absolute Gasteiger partial charge is 0.328 e. The van der Waals surface area contributed by atoms with Crippen molar-refractivity contribution < 1.29 is 19.5 Å². The van der Waals surface area contributed by atoms with Crippen LogP contribution in [0.1, 0.15) is 38.2 Å². The Kier molecular flexibility index (Phi) is 7.95. The Morgan fingerprint density at radius 1 is 1.21 bits per heavy atom. The van der Waals surface area contributed by atoms with Crippen molar-refractivity contribution in [1.29, 1.82) is 0 Å². The van der Waals surface area contributed by atoms with E-state index >= 15 is 0 Å². The Morgan fingerprint density at radius 3 is 2.55 bits per heavy atom. The summed E-state index contributed by atoms with van der Waals surface area (Å²) in [6.07, 6.45) is 11.5. The zero-order valence-corrected chi connectivity index (χ0v) is 16.9. The molecule has 6 heteroatoms. The Hall–Kier alpha value is -3.15. The van der Waals surface area contributed by atoms with Gasteiger partial charge in [0.2, 0.25) is 0 Å². The highest BCUT2D eigenvalue weighted by atomic mass is 16.4. The molecule has 29 heavy (non-hydrogen) atoms. The fourth-order valence-corrected chi connectivity index (χ4v) is 3.17. The SMILES string of the molecule is CC(CN(C(=O)C=CC(=O)O)C(=O)NCCC1(C)C=CC=CC1)c1ccccc1. The van der Waals surface area contributed by atoms with Gasteiger partial charge in [0.1, 0.15) is 0 Å². The number of carbonyl (C=O) groups excluding carboxylic acids is 2. The van der Waals surface area contributed by atoms with E-state index < -0.39 is 17.9 Å². The molecule has 2 unspecified atom stereocenters. The van der Waals surface area contributed by atoms with Crippen LogP contribution in [0.25, 0.3) is 0 Å². The van der Waals surface area contributed by atoms with Crippen LogP contribution in [-0.4, -0.2) is 41.0 Å². The van der Waals surface area contributed by atoms with Crippen LogP contribution >= 0.6 is 0 Å². The van der Waals surface area contributed by atoms with Crippen LogP contribution in [0.5, 0.6) is 0 Å². The van der Waals surface area contributed by atoms with E-state index in [1.165, 1.54) is 0 Å². The van der Waals surface area contributed by atoms with Gasteiger partial charge >= 0.3 is 12.0 Å². The van der Waals surface area contributed by atoms with Gasteiger partial charge in [-0.3, -0.25) is 9.69 Å². The summed E-state index contributed by atoms with van der Waals surface area (Å²) in [6, 6.07) is 9.04. The maximum absolute atomic E-state index is 12.7. The third kappa shape index (κ3) is 7.07. The van der Waals surface area contributed by atoms with Crippen molar-refractivity contribution in [3.63, 3.8) is 0 Å². The number of benzene rings is 1. The van der Waals surface area contributed by atoms with Crippen molar-refractivity contribution in [2.75, 3.05) is 13.1 Å². The summed E-state index contributed by atoms with van der Waals surface area (Å²) < 4.78 is 0. The zero-order valence-electron chi connectivity index (χ0n) is 16.9. The second-order valence-corrected chi connectivity index (χ2v) is 7.56. The molecule has 2 atom stereocenters. The molecule has 1 aromatic carbocycles. The first-order chi connectivity index (χ1) is 13.8. The third-order valence-electron chi connectivity index (χ3n) is 5.01. The van der Waals surface area contributed by atoms with Gasteiger partial charge in [0.15, 0.2) is 0 Å². The van der Waals surface area contributed by atoms with Crippen LogP contribution in [0.3, 0.4) is 0 Å². The number of urea groups is 1. The fraction of sp³-hybridized carbons (Fsp3) is 0.348. The summed E-state index contributed by atoms with van der Waals surface area (Å²) in [4.78, 5) is 37.0. The average Bonchev–Trinajstić information content (AvgIpc) is 2.71. The molecule has 1 aromatic rings. The van der Waals surface area contributed by atoms with Crippen LogP contribution in [0.4, 0.5) is 4.79 Å². The molecule has 0 fully saturated rings. The van der Waals surface area contributed by atoms with Crippen LogP contribution in [0.2, 0.25) is 0 Å². The Labute approximate surface area is 171 Å². The molecule has 0 radical (unpaired) electrons. The van der Waals surface area contributed by atoms with Crippen molar-refractivity contribution in [2.45, 2.75) is 32.6 Å². The van der Waals surface area contributed by atoms with E-state index in [0.29, 0.717) is 6.54 Å². The fourth-order valence-electron chi connectivity index (χ4n) is 3.17. The molecule has 0 saturated carbocycles. The molecule has 1 aliphatic carbocycles. The number of nitrogens with zero attached hydrogens (tertiary/aromatic N) is 1. The Morgan fingerprint density at radius 2 is 1.93 bits per heavy atom. The summed E-state index contributed by atoms with van der Waals surface area (Å²) in [5, 5.41) is 11.6. The van der Waals surface area contributed by atoms with Gasteiger partial charge in [-0.1, -0.05) is 68.5 Å². The maximum Gasteiger partial charge on any atom is 0.328 e. The summed E-state index contributed by atoms with van der Waals surface area (Å²) >= 11 is 0. The molecule has 2 N–H and O–H groups in total. The van der Waals surface area contributed by atoms with Gasteiger partial charge in [-0.15, -0.1) is 0 Å². The standard InChI is InChI=1S/C23H28N2O4/c1-18(19-9-5-3-6-10-19)17-25(20(26)11-12-21(27)28)22(29)24-16-15-23(2)13-7-4-8-14-23/h3-13,18H,14-17H2,1-2H3,(H,24,29)(H,27,28). The van der Waals surface area contributed by atoms with Crippen LogP contribution in [0.15, 0.2) is 66.8 Å². The first-order valence-corrected chi connectivity index (χ1v) is 9.70. The van der Waals surface area contributed by atoms with Gasteiger partial charge in [0.25, 0.3) is 5.91 Å². The number of imide groups is 1. The topological polar surface area (TPSA) is 86.7 Å². The highest BCUT2D eigenvalue weighted by Gasteiger charge is 2.25. The van der Waals surface area contributed by atoms with Crippen molar-refractivity contribution in [3.05, 3.63) is 72.4 Å². The van der Waals surface area contributed by atoms with E-state index in [2.05, 4.69) is 24.4 Å². The summed E-state index contributed by atoms with van der Waals surface area (Å²) in [5.74, 6) is -1.98. The van der Waals surface area contributed by atoms with Gasteiger partial charge in [-0.25, -0.2) is 9.59 Å². The number of carboxylic acids is 1. The number of amides is 3. The predicted molar refractivity (Wildman–Crippen MR) is 112 cm³/mol. The average molecular weight is 396 g/mol. The van der Waals surface area contributed by atoms with Gasteiger partial charge in [-0.05, 0) is 29.7 Å². The number of allylic oxidation sites excluding steroid dienone is 4. The molecule has 6 nitrogen and oxygen atoms in total. The van der Waals surface area contributed by atoms with E-state index in [-0.39, 0.29) is 17.9 Å². The minimum Gasteiger partial charge on any atom is -0.478 e. The van der Waals surface area contributed by atoms with Crippen molar-refractivity contribution >= 4 is 17.9 Å². The highest BCUT2D eigenvalue weighted by Crippen LogP contribution is 2.30. The number of carbonyl (C=O) groups is 3. The van der Waals surface area contributed by atoms with Gasteiger partial charge in [-0.2, -0.15) is 0 Å². The lowest BCUT2D eigenvalue weighted by molar-refractivity contribution is -0.132. The van der Waals surface area contributed by atoms with Gasteiger partial charge in [0.05, 0.1) is 0 Å². The summed E-state index contributed by atoms with van der Waals surface area (Å²) in [6.45, 7) is 4.61. The van der Waals surface area contributed by atoms with E-state index in [0.717, 1.165) is 35.5 Å². The van der Waals surface area contributed by atoms with Crippen molar-refractivity contribution in [3.8, 4) is 0 Å². The number of rotatable bonds is 8.